The third-order valence-electron chi connectivity index (χ3n) is 3.23. The second-order valence-electron chi connectivity index (χ2n) is 4.80. The van der Waals surface area contributed by atoms with Crippen molar-refractivity contribution in [1.29, 1.82) is 5.26 Å². The zero-order valence-electron chi connectivity index (χ0n) is 10.6. The summed E-state index contributed by atoms with van der Waals surface area (Å²) in [5, 5.41) is 9.98. The monoisotopic (exact) mass is 283 g/mol. The fraction of sp³-hybridized carbons (Fsp3) is 0.429. The second-order valence-corrected chi connectivity index (χ2v) is 5.61. The van der Waals surface area contributed by atoms with Crippen LogP contribution < -0.4 is 0 Å². The van der Waals surface area contributed by atoms with E-state index >= 15 is 0 Å². The zero-order chi connectivity index (χ0) is 13.9. The summed E-state index contributed by atoms with van der Waals surface area (Å²) in [6.45, 7) is 5.56. The summed E-state index contributed by atoms with van der Waals surface area (Å²) in [5.74, 6) is -1.07. The molecule has 0 saturated heterocycles. The average Bonchev–Trinajstić information content (AvgIpc) is 2.33. The summed E-state index contributed by atoms with van der Waals surface area (Å²) >= 11 is 12.1. The van der Waals surface area contributed by atoms with Crippen molar-refractivity contribution in [3.63, 3.8) is 0 Å². The Morgan fingerprint density at radius 3 is 2.28 bits per heavy atom. The van der Waals surface area contributed by atoms with Crippen LogP contribution in [0.4, 0.5) is 0 Å². The van der Waals surface area contributed by atoms with Crippen LogP contribution >= 0.6 is 23.2 Å². The largest absolute Gasteiger partial charge is 0.297 e. The van der Waals surface area contributed by atoms with Gasteiger partial charge in [0.25, 0.3) is 0 Å². The molecule has 0 aliphatic carbocycles. The number of nitrogens with zero attached hydrogens (tertiary/aromatic N) is 1. The number of rotatable bonds is 4. The molecule has 0 saturated carbocycles. The van der Waals surface area contributed by atoms with Crippen LogP contribution in [0.3, 0.4) is 0 Å². The Bertz CT molecular complexity index is 483. The molecule has 1 atom stereocenters. The molecule has 18 heavy (non-hydrogen) atoms. The molecule has 2 nitrogen and oxygen atoms in total. The maximum absolute atomic E-state index is 12.4. The molecular weight excluding hydrogens is 269 g/mol. The number of ketones is 1. The molecule has 0 spiro atoms. The molecule has 0 heterocycles. The molecule has 0 fully saturated rings. The average molecular weight is 284 g/mol. The molecule has 4 heteroatoms. The second kappa shape index (κ2) is 5.73. The van der Waals surface area contributed by atoms with Gasteiger partial charge in [-0.2, -0.15) is 5.26 Å². The Hall–Kier alpha value is -1.04. The molecule has 0 amide bonds. The third-order valence-corrected chi connectivity index (χ3v) is 3.89. The molecule has 1 aromatic rings. The lowest BCUT2D eigenvalue weighted by molar-refractivity contribution is -0.127. The van der Waals surface area contributed by atoms with Crippen molar-refractivity contribution in [3.8, 4) is 6.07 Å². The molecule has 1 aromatic carbocycles. The highest BCUT2D eigenvalue weighted by atomic mass is 35.5. The van der Waals surface area contributed by atoms with Crippen molar-refractivity contribution in [1.82, 2.24) is 0 Å². The number of benzene rings is 1. The first kappa shape index (κ1) is 15.0. The first-order valence-electron chi connectivity index (χ1n) is 5.73. The zero-order valence-corrected chi connectivity index (χ0v) is 12.1. The van der Waals surface area contributed by atoms with Crippen molar-refractivity contribution in [2.24, 2.45) is 5.41 Å². The van der Waals surface area contributed by atoms with Gasteiger partial charge in [0.05, 0.1) is 6.07 Å². The van der Waals surface area contributed by atoms with Gasteiger partial charge in [0.2, 0.25) is 0 Å². The Morgan fingerprint density at radius 2 is 1.89 bits per heavy atom. The van der Waals surface area contributed by atoms with Gasteiger partial charge in [-0.05, 0) is 18.6 Å². The van der Waals surface area contributed by atoms with Gasteiger partial charge >= 0.3 is 0 Å². The van der Waals surface area contributed by atoms with E-state index in [1.807, 2.05) is 26.8 Å². The number of carbonyl (C=O) groups is 1. The van der Waals surface area contributed by atoms with Gasteiger partial charge in [-0.1, -0.05) is 50.0 Å². The van der Waals surface area contributed by atoms with Crippen LogP contribution in [0.2, 0.25) is 10.0 Å². The first-order chi connectivity index (χ1) is 8.35. The summed E-state index contributed by atoms with van der Waals surface area (Å²) in [4.78, 5) is 12.4. The molecule has 96 valence electrons. The molecule has 1 unspecified atom stereocenters. The summed E-state index contributed by atoms with van der Waals surface area (Å²) in [5.41, 5.74) is -0.155. The van der Waals surface area contributed by atoms with Crippen LogP contribution in [0.5, 0.6) is 0 Å². The fourth-order valence-electron chi connectivity index (χ4n) is 1.61. The molecular formula is C14H15Cl2NO. The number of halogens is 2. The van der Waals surface area contributed by atoms with Gasteiger partial charge in [0, 0.05) is 21.0 Å². The normalized spacial score (nSPS) is 12.9. The summed E-state index contributed by atoms with van der Waals surface area (Å²) in [6.07, 6.45) is 0.659. The van der Waals surface area contributed by atoms with E-state index in [9.17, 15) is 10.1 Å². The third kappa shape index (κ3) is 2.85. The SMILES string of the molecule is CCC(C)(C)C(=O)C(C#N)c1c(Cl)cccc1Cl. The van der Waals surface area contributed by atoms with Crippen molar-refractivity contribution in [2.45, 2.75) is 33.1 Å². The minimum atomic E-state index is -0.916. The highest BCUT2D eigenvalue weighted by Crippen LogP contribution is 2.36. The van der Waals surface area contributed by atoms with Crippen LogP contribution in [0, 0.1) is 16.7 Å². The van der Waals surface area contributed by atoms with Gasteiger partial charge in [-0.3, -0.25) is 4.79 Å². The highest BCUT2D eigenvalue weighted by Gasteiger charge is 2.35. The Morgan fingerprint density at radius 1 is 1.39 bits per heavy atom. The van der Waals surface area contributed by atoms with Crippen LogP contribution in [-0.4, -0.2) is 5.78 Å². The summed E-state index contributed by atoms with van der Waals surface area (Å²) in [7, 11) is 0. The topological polar surface area (TPSA) is 40.9 Å². The summed E-state index contributed by atoms with van der Waals surface area (Å²) < 4.78 is 0. The fourth-order valence-corrected chi connectivity index (χ4v) is 2.22. The summed E-state index contributed by atoms with van der Waals surface area (Å²) in [6, 6.07) is 6.99. The van der Waals surface area contributed by atoms with E-state index in [1.54, 1.807) is 18.2 Å². The van der Waals surface area contributed by atoms with E-state index in [-0.39, 0.29) is 5.78 Å². The van der Waals surface area contributed by atoms with Gasteiger partial charge in [0.1, 0.15) is 5.92 Å². The molecule has 1 rings (SSSR count). The van der Waals surface area contributed by atoms with E-state index in [2.05, 4.69) is 0 Å². The lowest BCUT2D eigenvalue weighted by atomic mass is 9.77. The van der Waals surface area contributed by atoms with Crippen molar-refractivity contribution in [3.05, 3.63) is 33.8 Å². The van der Waals surface area contributed by atoms with Gasteiger partial charge in [-0.15, -0.1) is 0 Å². The van der Waals surface area contributed by atoms with E-state index in [0.29, 0.717) is 22.0 Å². The number of hydrogen-bond acceptors (Lipinski definition) is 2. The van der Waals surface area contributed by atoms with Crippen molar-refractivity contribution in [2.75, 3.05) is 0 Å². The van der Waals surface area contributed by atoms with Crippen LogP contribution in [0.15, 0.2) is 18.2 Å². The minimum absolute atomic E-state index is 0.150. The highest BCUT2D eigenvalue weighted by molar-refractivity contribution is 6.36. The number of Topliss-reactive ketones (excluding diaryl/α,β-unsaturated/α-hetero) is 1. The van der Waals surface area contributed by atoms with Gasteiger partial charge in [-0.25, -0.2) is 0 Å². The van der Waals surface area contributed by atoms with E-state index < -0.39 is 11.3 Å². The van der Waals surface area contributed by atoms with Crippen LogP contribution in [0.25, 0.3) is 0 Å². The lowest BCUT2D eigenvalue weighted by Gasteiger charge is -2.24. The Kier molecular flexibility index (Phi) is 4.78. The predicted octanol–water partition coefficient (Wildman–Crippen LogP) is 4.61. The number of nitriles is 1. The van der Waals surface area contributed by atoms with E-state index in [4.69, 9.17) is 23.2 Å². The molecule has 0 radical (unpaired) electrons. The maximum Gasteiger partial charge on any atom is 0.160 e. The molecule has 0 bridgehead atoms. The molecule has 0 N–H and O–H groups in total. The lowest BCUT2D eigenvalue weighted by Crippen LogP contribution is -2.28. The van der Waals surface area contributed by atoms with E-state index in [0.717, 1.165) is 0 Å². The Labute approximate surface area is 118 Å². The smallest absolute Gasteiger partial charge is 0.160 e. The van der Waals surface area contributed by atoms with Gasteiger partial charge < -0.3 is 0 Å². The van der Waals surface area contributed by atoms with Crippen LogP contribution in [0.1, 0.15) is 38.7 Å². The number of hydrogen-bond donors (Lipinski definition) is 0. The predicted molar refractivity (Wildman–Crippen MR) is 73.9 cm³/mol. The van der Waals surface area contributed by atoms with Crippen molar-refractivity contribution >= 4 is 29.0 Å². The molecule has 0 aliphatic rings. The molecule has 0 aromatic heterocycles. The van der Waals surface area contributed by atoms with Gasteiger partial charge in [0.15, 0.2) is 5.78 Å². The number of carbonyl (C=O) groups excluding carboxylic acids is 1. The Balaban J connectivity index is 3.29. The molecule has 0 aliphatic heterocycles. The quantitative estimate of drug-likeness (QED) is 0.810. The minimum Gasteiger partial charge on any atom is -0.297 e. The maximum atomic E-state index is 12.4. The van der Waals surface area contributed by atoms with Crippen LogP contribution in [-0.2, 0) is 4.79 Å². The standard InChI is InChI=1S/C14H15Cl2NO/c1-4-14(2,3)13(18)9(8-17)12-10(15)6-5-7-11(12)16/h5-7,9H,4H2,1-3H3. The van der Waals surface area contributed by atoms with Crippen molar-refractivity contribution < 1.29 is 4.79 Å². The van der Waals surface area contributed by atoms with E-state index in [1.165, 1.54) is 0 Å². The first-order valence-corrected chi connectivity index (χ1v) is 6.48.